The van der Waals surface area contributed by atoms with Crippen LogP contribution in [0.4, 0.5) is 0 Å². The maximum atomic E-state index is 6.58. The van der Waals surface area contributed by atoms with Gasteiger partial charge in [-0.1, -0.05) is 63.5 Å². The van der Waals surface area contributed by atoms with Crippen LogP contribution >= 0.6 is 0 Å². The quantitative estimate of drug-likeness (QED) is 0.151. The Hall–Kier alpha value is -1.79. The van der Waals surface area contributed by atoms with Gasteiger partial charge >= 0.3 is 14.2 Å². The van der Waals surface area contributed by atoms with Gasteiger partial charge in [0.15, 0.2) is 0 Å². The van der Waals surface area contributed by atoms with Crippen LogP contribution < -0.4 is 10.9 Å². The number of unbranched alkanes of at least 4 members (excludes halogenated alkanes) is 4. The normalized spacial score (nSPS) is 21.0. The zero-order valence-electron chi connectivity index (χ0n) is 30.5. The van der Waals surface area contributed by atoms with Crippen LogP contribution in [-0.4, -0.2) is 41.2 Å². The van der Waals surface area contributed by atoms with Crippen molar-refractivity contribution in [3.05, 3.63) is 35.4 Å². The van der Waals surface area contributed by atoms with Gasteiger partial charge in [-0.25, -0.2) is 0 Å². The molecule has 2 aliphatic heterocycles. The molecule has 2 fully saturated rings. The standard InChI is InChI=1S/C38H59B2NO4/c1-13-15-17-18-20-28(19-16-14-2)25-41-33-23-31(39-42-35(5,6)36(7,8)43-39)26(3)21-29(33)30-22-27(4)32(24-34(30)41)40-44-37(9,10)38(11,12)45-40/h21-24,28H,13-20,25H2,1-12H3. The number of aromatic nitrogens is 1. The monoisotopic (exact) mass is 615 g/mol. The SMILES string of the molecule is CCCCCCC(CCCC)Cn1c2cc(B3OC(C)(C)C(C)(C)O3)c(C)cc2c2cc(C)c(B3OC(C)(C)C(C)(C)O3)cc21. The molecule has 2 aromatic carbocycles. The van der Waals surface area contributed by atoms with Crippen molar-refractivity contribution in [3.8, 4) is 0 Å². The van der Waals surface area contributed by atoms with Crippen LogP contribution in [-0.2, 0) is 25.2 Å². The van der Waals surface area contributed by atoms with E-state index in [0.717, 1.165) is 17.5 Å². The number of fused-ring (bicyclic) bond motifs is 3. The van der Waals surface area contributed by atoms with Gasteiger partial charge in [0.2, 0.25) is 0 Å². The van der Waals surface area contributed by atoms with Gasteiger partial charge in [-0.3, -0.25) is 0 Å². The predicted octanol–water partition coefficient (Wildman–Crippen LogP) is 8.79. The van der Waals surface area contributed by atoms with Crippen molar-refractivity contribution in [1.82, 2.24) is 4.57 Å². The summed E-state index contributed by atoms with van der Waals surface area (Å²) in [6.07, 6.45) is 10.3. The first-order valence-corrected chi connectivity index (χ1v) is 17.8. The number of aryl methyl sites for hydroxylation is 2. The average molecular weight is 616 g/mol. The molecule has 0 amide bonds. The largest absolute Gasteiger partial charge is 0.495 e. The molecule has 3 aromatic rings. The van der Waals surface area contributed by atoms with Gasteiger partial charge in [0, 0.05) is 28.4 Å². The van der Waals surface area contributed by atoms with Crippen molar-refractivity contribution in [2.75, 3.05) is 0 Å². The summed E-state index contributed by atoms with van der Waals surface area (Å²) in [6, 6.07) is 9.46. The van der Waals surface area contributed by atoms with Crippen molar-refractivity contribution in [1.29, 1.82) is 0 Å². The minimum atomic E-state index is -0.391. The van der Waals surface area contributed by atoms with Gasteiger partial charge < -0.3 is 23.2 Å². The lowest BCUT2D eigenvalue weighted by atomic mass is 9.75. The zero-order valence-corrected chi connectivity index (χ0v) is 30.5. The predicted molar refractivity (Wildman–Crippen MR) is 192 cm³/mol. The van der Waals surface area contributed by atoms with Crippen LogP contribution in [0.25, 0.3) is 21.8 Å². The number of rotatable bonds is 12. The first-order chi connectivity index (χ1) is 21.0. The number of nitrogens with zero attached hydrogens (tertiary/aromatic N) is 1. The van der Waals surface area contributed by atoms with E-state index in [9.17, 15) is 0 Å². The lowest BCUT2D eigenvalue weighted by Crippen LogP contribution is -2.41. The van der Waals surface area contributed by atoms with Gasteiger partial charge in [-0.15, -0.1) is 0 Å². The molecular formula is C38H59B2NO4. The minimum Gasteiger partial charge on any atom is -0.399 e. The highest BCUT2D eigenvalue weighted by Crippen LogP contribution is 2.40. The van der Waals surface area contributed by atoms with Gasteiger partial charge in [0.1, 0.15) is 0 Å². The Kier molecular flexibility index (Phi) is 9.73. The van der Waals surface area contributed by atoms with Crippen LogP contribution in [0.15, 0.2) is 24.3 Å². The van der Waals surface area contributed by atoms with Crippen LogP contribution in [0.1, 0.15) is 132 Å². The van der Waals surface area contributed by atoms with Crippen LogP contribution in [0, 0.1) is 19.8 Å². The third-order valence-corrected chi connectivity index (χ3v) is 11.5. The Morgan fingerprint density at radius 3 is 1.38 bits per heavy atom. The molecule has 2 aliphatic rings. The summed E-state index contributed by atoms with van der Waals surface area (Å²) < 4.78 is 28.9. The third kappa shape index (κ3) is 6.53. The molecule has 0 bridgehead atoms. The van der Waals surface area contributed by atoms with Gasteiger partial charge in [-0.2, -0.15) is 0 Å². The van der Waals surface area contributed by atoms with Crippen molar-refractivity contribution in [3.63, 3.8) is 0 Å². The van der Waals surface area contributed by atoms with Crippen molar-refractivity contribution < 1.29 is 18.6 Å². The molecule has 0 radical (unpaired) electrons. The lowest BCUT2D eigenvalue weighted by molar-refractivity contribution is 0.00578. The summed E-state index contributed by atoms with van der Waals surface area (Å²) in [6.45, 7) is 27.1. The summed E-state index contributed by atoms with van der Waals surface area (Å²) in [5.74, 6) is 0.629. The maximum Gasteiger partial charge on any atom is 0.495 e. The Bertz CT molecular complexity index is 1390. The average Bonchev–Trinajstić information content (AvgIpc) is 3.44. The summed E-state index contributed by atoms with van der Waals surface area (Å²) in [7, 11) is -0.782. The number of hydrogen-bond donors (Lipinski definition) is 0. The van der Waals surface area contributed by atoms with Crippen LogP contribution in [0.3, 0.4) is 0 Å². The fourth-order valence-electron chi connectivity index (χ4n) is 7.02. The molecule has 5 rings (SSSR count). The highest BCUT2D eigenvalue weighted by molar-refractivity contribution is 6.63. The zero-order chi connectivity index (χ0) is 32.9. The molecule has 0 saturated carbocycles. The van der Waals surface area contributed by atoms with E-state index in [2.05, 4.69) is 112 Å². The number of benzene rings is 2. The Morgan fingerprint density at radius 2 is 0.978 bits per heavy atom. The summed E-state index contributed by atoms with van der Waals surface area (Å²) >= 11 is 0. The second-order valence-corrected chi connectivity index (χ2v) is 16.1. The fraction of sp³-hybridized carbons (Fsp3) is 0.684. The van der Waals surface area contributed by atoms with Crippen molar-refractivity contribution in [2.45, 2.75) is 163 Å². The Labute approximate surface area is 274 Å². The van der Waals surface area contributed by atoms with E-state index < -0.39 is 14.2 Å². The second kappa shape index (κ2) is 12.7. The molecule has 246 valence electrons. The van der Waals surface area contributed by atoms with E-state index >= 15 is 0 Å². The van der Waals surface area contributed by atoms with E-state index in [0.29, 0.717) is 5.92 Å². The summed E-state index contributed by atoms with van der Waals surface area (Å²) in [5.41, 5.74) is 5.65. The summed E-state index contributed by atoms with van der Waals surface area (Å²) in [4.78, 5) is 0. The second-order valence-electron chi connectivity index (χ2n) is 16.1. The Morgan fingerprint density at radius 1 is 0.578 bits per heavy atom. The topological polar surface area (TPSA) is 41.9 Å². The molecule has 1 aromatic heterocycles. The Balaban J connectivity index is 1.65. The van der Waals surface area contributed by atoms with Crippen LogP contribution in [0.5, 0.6) is 0 Å². The smallest absolute Gasteiger partial charge is 0.399 e. The molecule has 2 saturated heterocycles. The van der Waals surface area contributed by atoms with Crippen molar-refractivity contribution in [2.24, 2.45) is 5.92 Å². The van der Waals surface area contributed by atoms with E-state index in [1.54, 1.807) is 0 Å². The maximum absolute atomic E-state index is 6.58. The molecule has 3 heterocycles. The summed E-state index contributed by atoms with van der Waals surface area (Å²) in [5, 5.41) is 2.60. The van der Waals surface area contributed by atoms with Crippen LogP contribution in [0.2, 0.25) is 0 Å². The van der Waals surface area contributed by atoms with E-state index in [1.165, 1.54) is 84.3 Å². The first kappa shape index (κ1) is 34.5. The molecule has 7 heteroatoms. The molecule has 0 spiro atoms. The van der Waals surface area contributed by atoms with E-state index in [1.807, 2.05) is 0 Å². The third-order valence-electron chi connectivity index (χ3n) is 11.5. The highest BCUT2D eigenvalue weighted by Gasteiger charge is 2.53. The first-order valence-electron chi connectivity index (χ1n) is 17.8. The molecule has 0 N–H and O–H groups in total. The fourth-order valence-corrected chi connectivity index (χ4v) is 7.02. The van der Waals surface area contributed by atoms with Gasteiger partial charge in [0.25, 0.3) is 0 Å². The molecule has 5 nitrogen and oxygen atoms in total. The molecule has 0 aliphatic carbocycles. The molecule has 1 unspecified atom stereocenters. The van der Waals surface area contributed by atoms with Crippen molar-refractivity contribution >= 4 is 47.0 Å². The van der Waals surface area contributed by atoms with Gasteiger partial charge in [-0.05, 0) is 123 Å². The van der Waals surface area contributed by atoms with E-state index in [-0.39, 0.29) is 22.4 Å². The highest BCUT2D eigenvalue weighted by atomic mass is 16.7. The lowest BCUT2D eigenvalue weighted by Gasteiger charge is -2.32. The minimum absolute atomic E-state index is 0.385. The van der Waals surface area contributed by atoms with E-state index in [4.69, 9.17) is 18.6 Å². The number of hydrogen-bond acceptors (Lipinski definition) is 4. The molecule has 1 atom stereocenters. The molecule has 45 heavy (non-hydrogen) atoms. The molecular weight excluding hydrogens is 556 g/mol. The van der Waals surface area contributed by atoms with Gasteiger partial charge in [0.05, 0.1) is 22.4 Å².